The van der Waals surface area contributed by atoms with Gasteiger partial charge in [-0.1, -0.05) is 54.6 Å². The largest absolute Gasteiger partial charge is 0.396 e. The summed E-state index contributed by atoms with van der Waals surface area (Å²) in [7, 11) is 0. The number of nitrogens with zero attached hydrogens (tertiary/aromatic N) is 3. The van der Waals surface area contributed by atoms with Crippen LogP contribution in [0.25, 0.3) is 11.3 Å². The SMILES string of the molecule is Cc1ccccc1CN1CCN(Cc2cn[nH]c2-c2ccccc2)C[C@H]1CCO. The fraction of sp³-hybridized carbons (Fsp3) is 0.375. The van der Waals surface area contributed by atoms with E-state index in [9.17, 15) is 5.11 Å². The Morgan fingerprint density at radius 2 is 1.79 bits per heavy atom. The quantitative estimate of drug-likeness (QED) is 0.649. The first kappa shape index (κ1) is 19.8. The lowest BCUT2D eigenvalue weighted by Gasteiger charge is -2.41. The summed E-state index contributed by atoms with van der Waals surface area (Å²) in [6.45, 7) is 7.23. The summed E-state index contributed by atoms with van der Waals surface area (Å²) >= 11 is 0. The van der Waals surface area contributed by atoms with Crippen LogP contribution in [0.3, 0.4) is 0 Å². The zero-order valence-corrected chi connectivity index (χ0v) is 17.1. The molecule has 1 aliphatic rings. The van der Waals surface area contributed by atoms with Crippen molar-refractivity contribution in [3.63, 3.8) is 0 Å². The van der Waals surface area contributed by atoms with Gasteiger partial charge in [0.1, 0.15) is 0 Å². The van der Waals surface area contributed by atoms with Gasteiger partial charge in [-0.2, -0.15) is 5.10 Å². The summed E-state index contributed by atoms with van der Waals surface area (Å²) in [5.41, 5.74) is 6.22. The maximum Gasteiger partial charge on any atom is 0.0695 e. The molecule has 0 bridgehead atoms. The summed E-state index contributed by atoms with van der Waals surface area (Å²) < 4.78 is 0. The lowest BCUT2D eigenvalue weighted by atomic mass is 10.0. The van der Waals surface area contributed by atoms with E-state index in [0.717, 1.165) is 44.8 Å². The van der Waals surface area contributed by atoms with Crippen LogP contribution in [0.4, 0.5) is 0 Å². The van der Waals surface area contributed by atoms with Gasteiger partial charge in [0.15, 0.2) is 0 Å². The van der Waals surface area contributed by atoms with E-state index in [4.69, 9.17) is 0 Å². The summed E-state index contributed by atoms with van der Waals surface area (Å²) in [6, 6.07) is 19.3. The number of hydrogen-bond acceptors (Lipinski definition) is 4. The number of aromatic nitrogens is 2. The maximum absolute atomic E-state index is 9.63. The Morgan fingerprint density at radius 3 is 2.59 bits per heavy atom. The molecular weight excluding hydrogens is 360 g/mol. The van der Waals surface area contributed by atoms with Crippen molar-refractivity contribution < 1.29 is 5.11 Å². The van der Waals surface area contributed by atoms with Crippen LogP contribution >= 0.6 is 0 Å². The Balaban J connectivity index is 1.44. The van der Waals surface area contributed by atoms with Gasteiger partial charge in [-0.15, -0.1) is 0 Å². The second-order valence-electron chi connectivity index (χ2n) is 7.93. The summed E-state index contributed by atoms with van der Waals surface area (Å²) in [6.07, 6.45) is 2.75. The predicted molar refractivity (Wildman–Crippen MR) is 116 cm³/mol. The highest BCUT2D eigenvalue weighted by atomic mass is 16.3. The number of rotatable bonds is 7. The summed E-state index contributed by atoms with van der Waals surface area (Å²) in [4.78, 5) is 5.02. The van der Waals surface area contributed by atoms with Crippen molar-refractivity contribution in [2.45, 2.75) is 32.5 Å². The zero-order valence-electron chi connectivity index (χ0n) is 17.1. The van der Waals surface area contributed by atoms with Crippen LogP contribution in [0.2, 0.25) is 0 Å². The number of piperazine rings is 1. The summed E-state index contributed by atoms with van der Waals surface area (Å²) in [5.74, 6) is 0. The number of hydrogen-bond donors (Lipinski definition) is 2. The first-order valence-corrected chi connectivity index (χ1v) is 10.4. The van der Waals surface area contributed by atoms with Gasteiger partial charge in [0.25, 0.3) is 0 Å². The normalized spacial score (nSPS) is 18.2. The minimum atomic E-state index is 0.226. The van der Waals surface area contributed by atoms with Crippen molar-refractivity contribution in [1.29, 1.82) is 0 Å². The molecule has 3 aromatic rings. The van der Waals surface area contributed by atoms with E-state index in [1.807, 2.05) is 12.3 Å². The minimum absolute atomic E-state index is 0.226. The fourth-order valence-electron chi connectivity index (χ4n) is 4.26. The van der Waals surface area contributed by atoms with Crippen molar-refractivity contribution in [1.82, 2.24) is 20.0 Å². The number of H-pyrrole nitrogens is 1. The van der Waals surface area contributed by atoms with Crippen LogP contribution in [-0.4, -0.2) is 57.4 Å². The lowest BCUT2D eigenvalue weighted by molar-refractivity contribution is 0.0499. The molecule has 0 unspecified atom stereocenters. The van der Waals surface area contributed by atoms with E-state index >= 15 is 0 Å². The van der Waals surface area contributed by atoms with E-state index in [1.54, 1.807) is 0 Å². The van der Waals surface area contributed by atoms with Gasteiger partial charge in [-0.25, -0.2) is 0 Å². The minimum Gasteiger partial charge on any atom is -0.396 e. The van der Waals surface area contributed by atoms with E-state index in [-0.39, 0.29) is 6.61 Å². The Hall–Kier alpha value is -2.47. The Labute approximate surface area is 173 Å². The van der Waals surface area contributed by atoms with Crippen LogP contribution in [0, 0.1) is 6.92 Å². The molecule has 5 heteroatoms. The molecule has 5 nitrogen and oxygen atoms in total. The molecule has 2 heterocycles. The fourth-order valence-corrected chi connectivity index (χ4v) is 4.26. The van der Waals surface area contributed by atoms with Crippen molar-refractivity contribution in [3.05, 3.63) is 77.5 Å². The van der Waals surface area contributed by atoms with Gasteiger partial charge in [0.05, 0.1) is 11.9 Å². The number of benzene rings is 2. The molecule has 0 aliphatic carbocycles. The van der Waals surface area contributed by atoms with Gasteiger partial charge in [0.2, 0.25) is 0 Å². The average Bonchev–Trinajstić information content (AvgIpc) is 3.20. The first-order valence-electron chi connectivity index (χ1n) is 10.4. The number of aliphatic hydroxyl groups is 1. The van der Waals surface area contributed by atoms with Gasteiger partial charge in [0, 0.05) is 50.9 Å². The molecular formula is C24H30N4O. The second-order valence-corrected chi connectivity index (χ2v) is 7.93. The number of nitrogens with one attached hydrogen (secondary N) is 1. The molecule has 1 saturated heterocycles. The third kappa shape index (κ3) is 4.75. The van der Waals surface area contributed by atoms with Crippen LogP contribution < -0.4 is 0 Å². The molecule has 2 aromatic carbocycles. The maximum atomic E-state index is 9.63. The molecule has 1 atom stereocenters. The van der Waals surface area contributed by atoms with Gasteiger partial charge in [-0.3, -0.25) is 14.9 Å². The average molecular weight is 391 g/mol. The smallest absolute Gasteiger partial charge is 0.0695 e. The molecule has 2 N–H and O–H groups in total. The van der Waals surface area contributed by atoms with E-state index in [0.29, 0.717) is 6.04 Å². The van der Waals surface area contributed by atoms with E-state index < -0.39 is 0 Å². The van der Waals surface area contributed by atoms with Gasteiger partial charge < -0.3 is 5.11 Å². The molecule has 0 radical (unpaired) electrons. The molecule has 4 rings (SSSR count). The Morgan fingerprint density at radius 1 is 1.00 bits per heavy atom. The van der Waals surface area contributed by atoms with Crippen molar-refractivity contribution in [2.75, 3.05) is 26.2 Å². The van der Waals surface area contributed by atoms with Gasteiger partial charge >= 0.3 is 0 Å². The molecule has 0 spiro atoms. The molecule has 152 valence electrons. The number of aromatic amines is 1. The van der Waals surface area contributed by atoms with Gasteiger partial charge in [-0.05, 0) is 30.0 Å². The lowest BCUT2D eigenvalue weighted by Crippen LogP contribution is -2.52. The van der Waals surface area contributed by atoms with Crippen molar-refractivity contribution in [3.8, 4) is 11.3 Å². The molecule has 1 aliphatic heterocycles. The molecule has 0 saturated carbocycles. The zero-order chi connectivity index (χ0) is 20.1. The van der Waals surface area contributed by atoms with Crippen LogP contribution in [0.5, 0.6) is 0 Å². The number of aliphatic hydroxyl groups excluding tert-OH is 1. The molecule has 1 aromatic heterocycles. The Kier molecular flexibility index (Phi) is 6.39. The third-order valence-corrected chi connectivity index (χ3v) is 5.96. The molecule has 0 amide bonds. The van der Waals surface area contributed by atoms with Crippen LogP contribution in [0.1, 0.15) is 23.1 Å². The number of aryl methyl sites for hydroxylation is 1. The monoisotopic (exact) mass is 390 g/mol. The van der Waals surface area contributed by atoms with Crippen molar-refractivity contribution >= 4 is 0 Å². The first-order chi connectivity index (χ1) is 14.2. The topological polar surface area (TPSA) is 55.4 Å². The highest BCUT2D eigenvalue weighted by molar-refractivity contribution is 5.62. The highest BCUT2D eigenvalue weighted by Crippen LogP contribution is 2.24. The third-order valence-electron chi connectivity index (χ3n) is 5.96. The van der Waals surface area contributed by atoms with Crippen LogP contribution in [0.15, 0.2) is 60.8 Å². The highest BCUT2D eigenvalue weighted by Gasteiger charge is 2.27. The van der Waals surface area contributed by atoms with Crippen LogP contribution in [-0.2, 0) is 13.1 Å². The standard InChI is InChI=1S/C24H30N4O/c1-19-7-5-6-10-21(19)17-28-13-12-27(18-23(28)11-14-29)16-22-15-25-26-24(22)20-8-3-2-4-9-20/h2-10,15,23,29H,11-14,16-18H2,1H3,(H,25,26)/t23-/m1/s1. The predicted octanol–water partition coefficient (Wildman–Crippen LogP) is 3.45. The molecule has 29 heavy (non-hydrogen) atoms. The summed E-state index contributed by atoms with van der Waals surface area (Å²) in [5, 5.41) is 17.1. The Bertz CT molecular complexity index is 908. The van der Waals surface area contributed by atoms with E-state index in [2.05, 4.69) is 75.5 Å². The van der Waals surface area contributed by atoms with Crippen molar-refractivity contribution in [2.24, 2.45) is 0 Å². The second kappa shape index (κ2) is 9.35. The molecule has 1 fully saturated rings. The van der Waals surface area contributed by atoms with E-state index in [1.165, 1.54) is 22.3 Å².